The van der Waals surface area contributed by atoms with E-state index in [0.717, 1.165) is 18.4 Å². The summed E-state index contributed by atoms with van der Waals surface area (Å²) in [6, 6.07) is 0. The van der Waals surface area contributed by atoms with E-state index < -0.39 is 10.0 Å². The number of aromatic nitrogens is 2. The van der Waals surface area contributed by atoms with Crippen molar-refractivity contribution < 1.29 is 13.2 Å². The van der Waals surface area contributed by atoms with Crippen LogP contribution in [0.1, 0.15) is 43.6 Å². The Kier molecular flexibility index (Phi) is 3.32. The summed E-state index contributed by atoms with van der Waals surface area (Å²) in [6.07, 6.45) is 7.16. The van der Waals surface area contributed by atoms with Crippen LogP contribution in [0.2, 0.25) is 0 Å². The Balaban J connectivity index is 1.55. The van der Waals surface area contributed by atoms with E-state index in [1.165, 1.54) is 0 Å². The summed E-state index contributed by atoms with van der Waals surface area (Å²) in [7, 11) is -1.26. The monoisotopic (exact) mass is 338 g/mol. The van der Waals surface area contributed by atoms with Crippen molar-refractivity contribution >= 4 is 15.9 Å². The van der Waals surface area contributed by atoms with Crippen molar-refractivity contribution in [2.75, 3.05) is 13.1 Å². The van der Waals surface area contributed by atoms with Crippen molar-refractivity contribution in [2.24, 2.45) is 7.05 Å². The summed E-state index contributed by atoms with van der Waals surface area (Å²) < 4.78 is 28.2. The molecule has 1 spiro atoms. The minimum absolute atomic E-state index is 0.0531. The number of sulfonamides is 1. The molecule has 1 aromatic rings. The Hall–Kier alpha value is -1.41. The van der Waals surface area contributed by atoms with Crippen LogP contribution in [-0.2, 0) is 21.9 Å². The number of rotatable bonds is 3. The van der Waals surface area contributed by atoms with Gasteiger partial charge in [0.15, 0.2) is 0 Å². The van der Waals surface area contributed by atoms with Gasteiger partial charge in [-0.3, -0.25) is 9.48 Å². The van der Waals surface area contributed by atoms with Gasteiger partial charge in [-0.1, -0.05) is 0 Å². The third-order valence-corrected chi connectivity index (χ3v) is 7.89. The van der Waals surface area contributed by atoms with Crippen LogP contribution in [-0.4, -0.2) is 52.3 Å². The first-order valence-electron chi connectivity index (χ1n) is 8.19. The van der Waals surface area contributed by atoms with Crippen molar-refractivity contribution in [1.82, 2.24) is 19.4 Å². The molecule has 1 amide bonds. The molecular formula is C15H22N4O3S. The first-order valence-corrected chi connectivity index (χ1v) is 9.70. The molecule has 1 atom stereocenters. The Labute approximate surface area is 136 Å². The predicted octanol–water partition coefficient (Wildman–Crippen LogP) is 0.350. The van der Waals surface area contributed by atoms with Gasteiger partial charge in [-0.2, -0.15) is 5.10 Å². The zero-order chi connectivity index (χ0) is 16.2. The highest BCUT2D eigenvalue weighted by Crippen LogP contribution is 2.44. The van der Waals surface area contributed by atoms with Crippen LogP contribution in [0.4, 0.5) is 0 Å². The van der Waals surface area contributed by atoms with Gasteiger partial charge < -0.3 is 5.32 Å². The molecule has 7 nitrogen and oxygen atoms in total. The molecule has 2 aliphatic heterocycles. The molecule has 1 aromatic heterocycles. The molecule has 1 unspecified atom stereocenters. The molecule has 126 valence electrons. The lowest BCUT2D eigenvalue weighted by Crippen LogP contribution is -2.54. The van der Waals surface area contributed by atoms with E-state index in [0.29, 0.717) is 32.4 Å². The maximum Gasteiger partial charge on any atom is 0.221 e. The van der Waals surface area contributed by atoms with E-state index in [2.05, 4.69) is 10.4 Å². The van der Waals surface area contributed by atoms with Crippen LogP contribution in [0.3, 0.4) is 0 Å². The number of nitrogens with one attached hydrogen (secondary N) is 1. The summed E-state index contributed by atoms with van der Waals surface area (Å²) in [5.41, 5.74) is 0.736. The second-order valence-electron chi connectivity index (χ2n) is 7.05. The zero-order valence-corrected chi connectivity index (χ0v) is 14.1. The summed E-state index contributed by atoms with van der Waals surface area (Å²) in [4.78, 5) is 12.0. The maximum atomic E-state index is 12.4. The number of aryl methyl sites for hydroxylation is 1. The molecule has 3 heterocycles. The van der Waals surface area contributed by atoms with Gasteiger partial charge in [0.25, 0.3) is 0 Å². The number of amides is 1. The van der Waals surface area contributed by atoms with E-state index >= 15 is 0 Å². The number of hydrogen-bond donors (Lipinski definition) is 1. The van der Waals surface area contributed by atoms with E-state index in [4.69, 9.17) is 0 Å². The van der Waals surface area contributed by atoms with E-state index in [9.17, 15) is 13.2 Å². The fourth-order valence-electron chi connectivity index (χ4n) is 4.04. The van der Waals surface area contributed by atoms with Gasteiger partial charge in [0.2, 0.25) is 15.9 Å². The number of hydrogen-bond acceptors (Lipinski definition) is 4. The number of carbonyl (C=O) groups is 1. The summed E-state index contributed by atoms with van der Waals surface area (Å²) in [5, 5.41) is 7.20. The normalized spacial score (nSPS) is 28.2. The minimum Gasteiger partial charge on any atom is -0.350 e. The second kappa shape index (κ2) is 5.04. The summed E-state index contributed by atoms with van der Waals surface area (Å²) in [5.74, 6) is 0.131. The molecule has 4 rings (SSSR count). The van der Waals surface area contributed by atoms with Crippen LogP contribution in [0.15, 0.2) is 12.4 Å². The van der Waals surface area contributed by atoms with Crippen LogP contribution in [0.5, 0.6) is 0 Å². The van der Waals surface area contributed by atoms with Crippen LogP contribution >= 0.6 is 0 Å². The fourth-order valence-corrected chi connectivity index (χ4v) is 5.89. The van der Waals surface area contributed by atoms with Crippen molar-refractivity contribution in [1.29, 1.82) is 0 Å². The van der Waals surface area contributed by atoms with E-state index in [1.807, 2.05) is 19.4 Å². The molecule has 0 radical (unpaired) electrons. The molecular weight excluding hydrogens is 316 g/mol. The highest BCUT2D eigenvalue weighted by atomic mass is 32.2. The lowest BCUT2D eigenvalue weighted by molar-refractivity contribution is -0.120. The van der Waals surface area contributed by atoms with Gasteiger partial charge in [0.05, 0.1) is 11.4 Å². The van der Waals surface area contributed by atoms with Gasteiger partial charge in [-0.05, 0) is 31.2 Å². The standard InChI is InChI=1S/C15H22N4O3S/c1-18-10-11(9-16-18)13-8-14(20)17-15(13)4-6-19(7-5-15)23(21,22)12-2-3-12/h9-10,12-13H,2-8H2,1H3,(H,17,20). The van der Waals surface area contributed by atoms with E-state index in [-0.39, 0.29) is 22.6 Å². The molecule has 3 fully saturated rings. The molecule has 8 heteroatoms. The minimum atomic E-state index is -3.12. The Morgan fingerprint density at radius 2 is 2.00 bits per heavy atom. The highest BCUT2D eigenvalue weighted by molar-refractivity contribution is 7.90. The average molecular weight is 338 g/mol. The predicted molar refractivity (Wildman–Crippen MR) is 84.2 cm³/mol. The third-order valence-electron chi connectivity index (χ3n) is 5.49. The average Bonchev–Trinajstić information content (AvgIpc) is 3.22. The topological polar surface area (TPSA) is 84.3 Å². The van der Waals surface area contributed by atoms with Gasteiger partial charge in [-0.15, -0.1) is 0 Å². The number of carbonyl (C=O) groups excluding carboxylic acids is 1. The summed E-state index contributed by atoms with van der Waals surface area (Å²) >= 11 is 0. The quantitative estimate of drug-likeness (QED) is 0.862. The second-order valence-corrected chi connectivity index (χ2v) is 9.26. The maximum absolute atomic E-state index is 12.4. The van der Waals surface area contributed by atoms with E-state index in [1.54, 1.807) is 8.99 Å². The lowest BCUT2D eigenvalue weighted by Gasteiger charge is -2.42. The van der Waals surface area contributed by atoms with Crippen molar-refractivity contribution in [3.63, 3.8) is 0 Å². The molecule has 0 aromatic carbocycles. The van der Waals surface area contributed by atoms with Crippen LogP contribution in [0, 0.1) is 0 Å². The first-order chi connectivity index (χ1) is 10.9. The third kappa shape index (κ3) is 2.48. The highest BCUT2D eigenvalue weighted by Gasteiger charge is 2.51. The molecule has 1 saturated carbocycles. The molecule has 1 aliphatic carbocycles. The molecule has 1 N–H and O–H groups in total. The Bertz CT molecular complexity index is 730. The number of nitrogens with zero attached hydrogens (tertiary/aromatic N) is 3. The lowest BCUT2D eigenvalue weighted by atomic mass is 9.75. The molecule has 23 heavy (non-hydrogen) atoms. The zero-order valence-electron chi connectivity index (χ0n) is 13.2. The molecule has 0 bridgehead atoms. The first kappa shape index (κ1) is 15.1. The fraction of sp³-hybridized carbons (Fsp3) is 0.733. The van der Waals surface area contributed by atoms with Crippen LogP contribution in [0.25, 0.3) is 0 Å². The summed E-state index contributed by atoms with van der Waals surface area (Å²) in [6.45, 7) is 0.992. The van der Waals surface area contributed by atoms with Gasteiger partial charge >= 0.3 is 0 Å². The smallest absolute Gasteiger partial charge is 0.221 e. The Morgan fingerprint density at radius 1 is 1.30 bits per heavy atom. The van der Waals surface area contributed by atoms with Gasteiger partial charge in [0, 0.05) is 44.2 Å². The molecule has 3 aliphatic rings. The van der Waals surface area contributed by atoms with Gasteiger partial charge in [0.1, 0.15) is 0 Å². The number of piperidine rings is 1. The van der Waals surface area contributed by atoms with Crippen molar-refractivity contribution in [3.8, 4) is 0 Å². The van der Waals surface area contributed by atoms with Gasteiger partial charge in [-0.25, -0.2) is 12.7 Å². The van der Waals surface area contributed by atoms with Crippen molar-refractivity contribution in [2.45, 2.75) is 48.8 Å². The van der Waals surface area contributed by atoms with Crippen molar-refractivity contribution in [3.05, 3.63) is 18.0 Å². The largest absolute Gasteiger partial charge is 0.350 e. The SMILES string of the molecule is Cn1cc(C2CC(=O)NC23CCN(S(=O)(=O)C2CC2)CC3)cn1. The van der Waals surface area contributed by atoms with Crippen LogP contribution < -0.4 is 5.32 Å². The Morgan fingerprint density at radius 3 is 2.57 bits per heavy atom. The molecule has 2 saturated heterocycles.